The summed E-state index contributed by atoms with van der Waals surface area (Å²) in [4.78, 5) is 0. The summed E-state index contributed by atoms with van der Waals surface area (Å²) in [5.74, 6) is 0. The van der Waals surface area contributed by atoms with Crippen molar-refractivity contribution in [2.75, 3.05) is 0 Å². The summed E-state index contributed by atoms with van der Waals surface area (Å²) in [6.45, 7) is 0. The first-order valence-electron chi connectivity index (χ1n) is 13.6. The lowest BCUT2D eigenvalue weighted by Gasteiger charge is -2.05. The largest absolute Gasteiger partial charge is 0.488 e. The van der Waals surface area contributed by atoms with Gasteiger partial charge in [-0.1, -0.05) is 125 Å². The molecule has 6 heteroatoms. The normalized spacial score (nSPS) is 11.2. The SMILES string of the molecule is Brc1cccc(-c2cccc3c2oc2ccccc23)c1.OB(O)c1cccc(-c2cccc3c2oc2ccccc23)c1. The topological polar surface area (TPSA) is 66.7 Å². The van der Waals surface area contributed by atoms with Crippen LogP contribution in [0, 0.1) is 0 Å². The van der Waals surface area contributed by atoms with Crippen molar-refractivity contribution < 1.29 is 18.9 Å². The molecular weight excluding hydrogens is 587 g/mol. The fraction of sp³-hybridized carbons (Fsp3) is 0. The van der Waals surface area contributed by atoms with Crippen molar-refractivity contribution in [2.24, 2.45) is 0 Å². The van der Waals surface area contributed by atoms with E-state index in [0.717, 1.165) is 65.2 Å². The number of hydrogen-bond acceptors (Lipinski definition) is 4. The first kappa shape index (κ1) is 26.3. The smallest absolute Gasteiger partial charge is 0.455 e. The van der Waals surface area contributed by atoms with Gasteiger partial charge in [0.2, 0.25) is 0 Å². The summed E-state index contributed by atoms with van der Waals surface area (Å²) in [5, 5.41) is 23.2. The molecule has 0 amide bonds. The third kappa shape index (κ3) is 4.80. The molecule has 0 unspecified atom stereocenters. The predicted molar refractivity (Wildman–Crippen MR) is 176 cm³/mol. The van der Waals surface area contributed by atoms with Gasteiger partial charge in [-0.2, -0.15) is 0 Å². The second kappa shape index (κ2) is 11.0. The molecule has 2 heterocycles. The van der Waals surface area contributed by atoms with E-state index < -0.39 is 7.12 Å². The molecule has 0 aliphatic heterocycles. The maximum Gasteiger partial charge on any atom is 0.488 e. The summed E-state index contributed by atoms with van der Waals surface area (Å²) >= 11 is 3.53. The van der Waals surface area contributed by atoms with Crippen LogP contribution in [-0.4, -0.2) is 17.2 Å². The van der Waals surface area contributed by atoms with Crippen molar-refractivity contribution in [1.29, 1.82) is 0 Å². The Kier molecular flexibility index (Phi) is 6.88. The van der Waals surface area contributed by atoms with E-state index in [0.29, 0.717) is 5.46 Å². The molecule has 202 valence electrons. The Bertz CT molecular complexity index is 2210. The first-order valence-corrected chi connectivity index (χ1v) is 14.4. The number of rotatable bonds is 3. The van der Waals surface area contributed by atoms with Crippen LogP contribution in [0.1, 0.15) is 0 Å². The van der Waals surface area contributed by atoms with Crippen molar-refractivity contribution in [3.8, 4) is 22.3 Å². The monoisotopic (exact) mass is 610 g/mol. The van der Waals surface area contributed by atoms with Crippen molar-refractivity contribution in [2.45, 2.75) is 0 Å². The maximum absolute atomic E-state index is 9.35. The van der Waals surface area contributed by atoms with Crippen LogP contribution in [0.5, 0.6) is 0 Å². The molecule has 0 aliphatic carbocycles. The average molecular weight is 611 g/mol. The second-order valence-corrected chi connectivity index (χ2v) is 11.0. The molecule has 8 aromatic rings. The molecule has 4 nitrogen and oxygen atoms in total. The number of fused-ring (bicyclic) bond motifs is 6. The molecule has 8 rings (SSSR count). The maximum atomic E-state index is 9.35. The van der Waals surface area contributed by atoms with E-state index in [4.69, 9.17) is 8.83 Å². The van der Waals surface area contributed by atoms with Crippen LogP contribution in [-0.2, 0) is 0 Å². The second-order valence-electron chi connectivity index (χ2n) is 10.1. The van der Waals surface area contributed by atoms with Crippen LogP contribution < -0.4 is 5.46 Å². The molecule has 6 aromatic carbocycles. The zero-order valence-corrected chi connectivity index (χ0v) is 24.0. The minimum absolute atomic E-state index is 0.464. The van der Waals surface area contributed by atoms with E-state index in [2.05, 4.69) is 52.3 Å². The van der Waals surface area contributed by atoms with Gasteiger partial charge in [-0.25, -0.2) is 0 Å². The third-order valence-electron chi connectivity index (χ3n) is 7.44. The van der Waals surface area contributed by atoms with Gasteiger partial charge in [0.15, 0.2) is 0 Å². The number of benzene rings is 6. The minimum atomic E-state index is -1.48. The highest BCUT2D eigenvalue weighted by Crippen LogP contribution is 2.37. The van der Waals surface area contributed by atoms with E-state index in [1.54, 1.807) is 12.1 Å². The van der Waals surface area contributed by atoms with E-state index in [1.165, 1.54) is 5.39 Å². The number of para-hydroxylation sites is 4. The van der Waals surface area contributed by atoms with Crippen LogP contribution in [0.3, 0.4) is 0 Å². The van der Waals surface area contributed by atoms with Gasteiger partial charge in [0, 0.05) is 37.1 Å². The summed E-state index contributed by atoms with van der Waals surface area (Å²) in [6, 6.07) is 43.9. The lowest BCUT2D eigenvalue weighted by atomic mass is 9.79. The molecule has 2 N–H and O–H groups in total. The summed E-state index contributed by atoms with van der Waals surface area (Å²) in [7, 11) is -1.48. The Hall–Kier alpha value is -4.62. The lowest BCUT2D eigenvalue weighted by Crippen LogP contribution is -2.29. The van der Waals surface area contributed by atoms with Crippen LogP contribution in [0.4, 0.5) is 0 Å². The van der Waals surface area contributed by atoms with E-state index in [-0.39, 0.29) is 0 Å². The Morgan fingerprint density at radius 3 is 1.50 bits per heavy atom. The van der Waals surface area contributed by atoms with Crippen LogP contribution >= 0.6 is 15.9 Å². The molecule has 2 aromatic heterocycles. The predicted octanol–water partition coefficient (Wildman–Crippen LogP) is 8.95. The summed E-state index contributed by atoms with van der Waals surface area (Å²) in [6.07, 6.45) is 0. The highest BCUT2D eigenvalue weighted by molar-refractivity contribution is 9.10. The number of hydrogen-bond donors (Lipinski definition) is 2. The molecule has 0 fully saturated rings. The van der Waals surface area contributed by atoms with Gasteiger partial charge in [0.25, 0.3) is 0 Å². The Labute approximate surface area is 250 Å². The van der Waals surface area contributed by atoms with Gasteiger partial charge in [-0.15, -0.1) is 0 Å². The molecule has 0 saturated carbocycles. The molecule has 0 atom stereocenters. The molecule has 0 radical (unpaired) electrons. The van der Waals surface area contributed by atoms with Gasteiger partial charge in [-0.05, 0) is 40.9 Å². The number of furan rings is 2. The highest BCUT2D eigenvalue weighted by Gasteiger charge is 2.15. The standard InChI is InChI=1S/C18H13BO3.C18H11BrO/c20-19(21)13-6-3-5-12(11-13)14-8-4-9-16-15-7-1-2-10-17(15)22-18(14)16;19-13-6-3-5-12(11-13)14-8-4-9-16-15-7-1-2-10-17(15)20-18(14)16/h1-11,20-21H;1-11H. The van der Waals surface area contributed by atoms with E-state index >= 15 is 0 Å². The van der Waals surface area contributed by atoms with Crippen LogP contribution in [0.15, 0.2) is 147 Å². The Morgan fingerprint density at radius 1 is 0.476 bits per heavy atom. The van der Waals surface area contributed by atoms with Crippen molar-refractivity contribution in [3.63, 3.8) is 0 Å². The molecule has 0 saturated heterocycles. The first-order chi connectivity index (χ1) is 20.6. The molecular formula is C36H24BBrO4. The fourth-order valence-corrected chi connectivity index (χ4v) is 5.87. The highest BCUT2D eigenvalue weighted by atomic mass is 79.9. The number of halogens is 1. The molecule has 0 bridgehead atoms. The Balaban J connectivity index is 0.000000138. The molecule has 0 aliphatic rings. The van der Waals surface area contributed by atoms with Gasteiger partial charge >= 0.3 is 7.12 Å². The van der Waals surface area contributed by atoms with E-state index in [1.807, 2.05) is 84.9 Å². The molecule has 42 heavy (non-hydrogen) atoms. The van der Waals surface area contributed by atoms with Crippen LogP contribution in [0.25, 0.3) is 66.1 Å². The Morgan fingerprint density at radius 2 is 0.952 bits per heavy atom. The third-order valence-corrected chi connectivity index (χ3v) is 7.93. The zero-order valence-electron chi connectivity index (χ0n) is 22.4. The van der Waals surface area contributed by atoms with Crippen molar-refractivity contribution >= 4 is 72.4 Å². The van der Waals surface area contributed by atoms with Gasteiger partial charge in [-0.3, -0.25) is 0 Å². The van der Waals surface area contributed by atoms with E-state index in [9.17, 15) is 10.0 Å². The quantitative estimate of drug-likeness (QED) is 0.196. The van der Waals surface area contributed by atoms with Crippen LogP contribution in [0.2, 0.25) is 0 Å². The van der Waals surface area contributed by atoms with Gasteiger partial charge in [0.05, 0.1) is 0 Å². The van der Waals surface area contributed by atoms with Gasteiger partial charge in [0.1, 0.15) is 22.3 Å². The fourth-order valence-electron chi connectivity index (χ4n) is 5.47. The van der Waals surface area contributed by atoms with Crippen molar-refractivity contribution in [1.82, 2.24) is 0 Å². The average Bonchev–Trinajstić information content (AvgIpc) is 3.60. The van der Waals surface area contributed by atoms with Gasteiger partial charge < -0.3 is 18.9 Å². The zero-order chi connectivity index (χ0) is 28.6. The minimum Gasteiger partial charge on any atom is -0.455 e. The molecule has 0 spiro atoms. The summed E-state index contributed by atoms with van der Waals surface area (Å²) in [5.41, 5.74) is 8.13. The summed E-state index contributed by atoms with van der Waals surface area (Å²) < 4.78 is 13.1. The lowest BCUT2D eigenvalue weighted by molar-refractivity contribution is 0.426. The van der Waals surface area contributed by atoms with Crippen molar-refractivity contribution in [3.05, 3.63) is 138 Å².